The van der Waals surface area contributed by atoms with Gasteiger partial charge in [0.1, 0.15) is 0 Å². The molecule has 3 aliphatic heterocycles. The van der Waals surface area contributed by atoms with Crippen LogP contribution in [0.5, 0.6) is 0 Å². The maximum absolute atomic E-state index is 5.46. The van der Waals surface area contributed by atoms with E-state index in [2.05, 4.69) is 33.1 Å². The smallest absolute Gasteiger partial charge is 0.0594 e. The number of hydrogen-bond acceptors (Lipinski definition) is 5. The number of rotatable bonds is 6. The number of piperazine rings is 1. The van der Waals surface area contributed by atoms with E-state index < -0.39 is 0 Å². The van der Waals surface area contributed by atoms with Gasteiger partial charge in [-0.15, -0.1) is 0 Å². The summed E-state index contributed by atoms with van der Waals surface area (Å²) in [5.41, 5.74) is 1.33. The second-order valence-corrected chi connectivity index (χ2v) is 7.33. The lowest BCUT2D eigenvalue weighted by atomic mass is 10.2. The third-order valence-corrected chi connectivity index (χ3v) is 5.62. The third-order valence-electron chi connectivity index (χ3n) is 5.62. The molecule has 5 nitrogen and oxygen atoms in total. The first kappa shape index (κ1) is 17.2. The van der Waals surface area contributed by atoms with E-state index in [1.54, 1.807) is 0 Å². The highest BCUT2D eigenvalue weighted by Crippen LogP contribution is 2.14. The Balaban J connectivity index is 1.36. The SMILES string of the molecule is C=C(CN1CCCC1)N1CCN(CC(C)N2CCOCC2)CC1. The predicted molar refractivity (Wildman–Crippen MR) is 94.7 cm³/mol. The quantitative estimate of drug-likeness (QED) is 0.724. The summed E-state index contributed by atoms with van der Waals surface area (Å²) in [7, 11) is 0. The summed E-state index contributed by atoms with van der Waals surface area (Å²) in [4.78, 5) is 10.3. The minimum Gasteiger partial charge on any atom is -0.379 e. The van der Waals surface area contributed by atoms with Crippen LogP contribution < -0.4 is 0 Å². The van der Waals surface area contributed by atoms with Crippen LogP contribution in [0.15, 0.2) is 12.3 Å². The molecule has 0 saturated carbocycles. The van der Waals surface area contributed by atoms with Gasteiger partial charge in [0.15, 0.2) is 0 Å². The molecule has 0 aliphatic carbocycles. The van der Waals surface area contributed by atoms with Crippen molar-refractivity contribution in [2.75, 3.05) is 78.7 Å². The zero-order valence-corrected chi connectivity index (χ0v) is 14.9. The van der Waals surface area contributed by atoms with Crippen molar-refractivity contribution in [3.8, 4) is 0 Å². The molecule has 1 unspecified atom stereocenters. The number of morpholine rings is 1. The Hall–Kier alpha value is -0.620. The van der Waals surface area contributed by atoms with Crippen molar-refractivity contribution >= 4 is 0 Å². The van der Waals surface area contributed by atoms with Crippen LogP contribution >= 0.6 is 0 Å². The molecular weight excluding hydrogens is 288 g/mol. The van der Waals surface area contributed by atoms with Crippen LogP contribution in [0, 0.1) is 0 Å². The fourth-order valence-electron chi connectivity index (χ4n) is 4.05. The molecule has 132 valence electrons. The van der Waals surface area contributed by atoms with Crippen LogP contribution in [0.2, 0.25) is 0 Å². The summed E-state index contributed by atoms with van der Waals surface area (Å²) in [5.74, 6) is 0. The van der Waals surface area contributed by atoms with Gasteiger partial charge in [-0.05, 0) is 32.9 Å². The topological polar surface area (TPSA) is 22.2 Å². The third kappa shape index (κ3) is 4.92. The van der Waals surface area contributed by atoms with Crippen molar-refractivity contribution in [2.45, 2.75) is 25.8 Å². The molecule has 23 heavy (non-hydrogen) atoms. The van der Waals surface area contributed by atoms with E-state index in [4.69, 9.17) is 4.74 Å². The lowest BCUT2D eigenvalue weighted by Gasteiger charge is -2.41. The fraction of sp³-hybridized carbons (Fsp3) is 0.889. The van der Waals surface area contributed by atoms with Gasteiger partial charge in [-0.25, -0.2) is 0 Å². The lowest BCUT2D eigenvalue weighted by molar-refractivity contribution is 0.00913. The van der Waals surface area contributed by atoms with Crippen LogP contribution in [0.1, 0.15) is 19.8 Å². The van der Waals surface area contributed by atoms with Gasteiger partial charge in [0, 0.05) is 64.1 Å². The summed E-state index contributed by atoms with van der Waals surface area (Å²) in [6, 6.07) is 0.637. The standard InChI is InChI=1S/C18H34N4O/c1-17(15-19-5-3-4-6-19)21-9-7-20(8-10-21)16-18(2)22-11-13-23-14-12-22/h18H,1,3-16H2,2H3. The maximum Gasteiger partial charge on any atom is 0.0594 e. The molecule has 0 bridgehead atoms. The van der Waals surface area contributed by atoms with Crippen molar-refractivity contribution in [3.63, 3.8) is 0 Å². The first-order chi connectivity index (χ1) is 11.2. The van der Waals surface area contributed by atoms with Gasteiger partial charge >= 0.3 is 0 Å². The van der Waals surface area contributed by atoms with E-state index in [9.17, 15) is 0 Å². The molecule has 3 heterocycles. The lowest BCUT2D eigenvalue weighted by Crippen LogP contribution is -2.52. The Kier molecular flexibility index (Phi) is 6.34. The molecule has 0 aromatic carbocycles. The molecule has 0 amide bonds. The van der Waals surface area contributed by atoms with Gasteiger partial charge in [-0.2, -0.15) is 0 Å². The molecule has 0 spiro atoms. The molecule has 0 N–H and O–H groups in total. The largest absolute Gasteiger partial charge is 0.379 e. The van der Waals surface area contributed by atoms with E-state index in [-0.39, 0.29) is 0 Å². The Morgan fingerprint density at radius 3 is 2.22 bits per heavy atom. The highest BCUT2D eigenvalue weighted by Gasteiger charge is 2.24. The molecular formula is C18H34N4O. The number of hydrogen-bond donors (Lipinski definition) is 0. The van der Waals surface area contributed by atoms with Crippen LogP contribution in [0.3, 0.4) is 0 Å². The zero-order chi connectivity index (χ0) is 16.1. The predicted octanol–water partition coefficient (Wildman–Crippen LogP) is 0.934. The van der Waals surface area contributed by atoms with Gasteiger partial charge in [0.2, 0.25) is 0 Å². The van der Waals surface area contributed by atoms with Crippen LogP contribution in [-0.4, -0.2) is 104 Å². The molecule has 5 heteroatoms. The van der Waals surface area contributed by atoms with Crippen molar-refractivity contribution in [1.29, 1.82) is 0 Å². The fourth-order valence-corrected chi connectivity index (χ4v) is 4.05. The minimum absolute atomic E-state index is 0.637. The second-order valence-electron chi connectivity index (χ2n) is 7.33. The Morgan fingerprint density at radius 1 is 0.913 bits per heavy atom. The minimum atomic E-state index is 0.637. The summed E-state index contributed by atoms with van der Waals surface area (Å²) in [6.45, 7) is 20.1. The summed E-state index contributed by atoms with van der Waals surface area (Å²) < 4.78 is 5.46. The summed E-state index contributed by atoms with van der Waals surface area (Å²) in [5, 5.41) is 0. The highest BCUT2D eigenvalue weighted by molar-refractivity contribution is 4.99. The van der Waals surface area contributed by atoms with Crippen molar-refractivity contribution in [1.82, 2.24) is 19.6 Å². The first-order valence-corrected chi connectivity index (χ1v) is 9.41. The molecule has 3 fully saturated rings. The van der Waals surface area contributed by atoms with Gasteiger partial charge in [-0.1, -0.05) is 6.58 Å². The first-order valence-electron chi connectivity index (χ1n) is 9.41. The van der Waals surface area contributed by atoms with Gasteiger partial charge < -0.3 is 9.64 Å². The number of likely N-dealkylation sites (tertiary alicyclic amines) is 1. The molecule has 3 saturated heterocycles. The summed E-state index contributed by atoms with van der Waals surface area (Å²) >= 11 is 0. The summed E-state index contributed by atoms with van der Waals surface area (Å²) in [6.07, 6.45) is 2.72. The molecule has 3 rings (SSSR count). The Bertz CT molecular complexity index is 369. The molecule has 1 atom stereocenters. The molecule has 0 radical (unpaired) electrons. The highest BCUT2D eigenvalue weighted by atomic mass is 16.5. The van der Waals surface area contributed by atoms with Crippen molar-refractivity contribution in [3.05, 3.63) is 12.3 Å². The zero-order valence-electron chi connectivity index (χ0n) is 14.9. The van der Waals surface area contributed by atoms with Gasteiger partial charge in [-0.3, -0.25) is 14.7 Å². The number of ether oxygens (including phenoxy) is 1. The normalized spacial score (nSPS) is 26.6. The molecule has 3 aliphatic rings. The van der Waals surface area contributed by atoms with Crippen molar-refractivity contribution in [2.24, 2.45) is 0 Å². The average Bonchev–Trinajstić information content (AvgIpc) is 3.09. The van der Waals surface area contributed by atoms with Crippen molar-refractivity contribution < 1.29 is 4.74 Å². The van der Waals surface area contributed by atoms with Gasteiger partial charge in [0.05, 0.1) is 13.2 Å². The van der Waals surface area contributed by atoms with E-state index in [0.29, 0.717) is 6.04 Å². The maximum atomic E-state index is 5.46. The van der Waals surface area contributed by atoms with E-state index in [1.165, 1.54) is 51.3 Å². The number of nitrogens with zero attached hydrogens (tertiary/aromatic N) is 4. The van der Waals surface area contributed by atoms with Crippen LogP contribution in [0.25, 0.3) is 0 Å². The van der Waals surface area contributed by atoms with E-state index in [1.807, 2.05) is 0 Å². The van der Waals surface area contributed by atoms with Crippen LogP contribution in [0.4, 0.5) is 0 Å². The van der Waals surface area contributed by atoms with Crippen LogP contribution in [-0.2, 0) is 4.74 Å². The Morgan fingerprint density at radius 2 is 1.57 bits per heavy atom. The van der Waals surface area contributed by atoms with E-state index >= 15 is 0 Å². The molecule has 0 aromatic heterocycles. The molecule has 0 aromatic rings. The second kappa shape index (κ2) is 8.47. The van der Waals surface area contributed by atoms with E-state index in [0.717, 1.165) is 45.9 Å². The average molecular weight is 322 g/mol. The Labute approximate surface area is 141 Å². The van der Waals surface area contributed by atoms with Gasteiger partial charge in [0.25, 0.3) is 0 Å². The monoisotopic (exact) mass is 322 g/mol.